The number of benzene rings is 2. The number of piperidine rings is 1. The van der Waals surface area contributed by atoms with Crippen molar-refractivity contribution in [3.63, 3.8) is 0 Å². The van der Waals surface area contributed by atoms with Crippen LogP contribution in [0.2, 0.25) is 5.02 Å². The van der Waals surface area contributed by atoms with Crippen LogP contribution < -0.4 is 5.32 Å². The van der Waals surface area contributed by atoms with Gasteiger partial charge >= 0.3 is 0 Å². The second-order valence-corrected chi connectivity index (χ2v) is 12.1. The van der Waals surface area contributed by atoms with Crippen LogP contribution in [0.4, 0.5) is 4.39 Å². The molecule has 1 aliphatic heterocycles. The fraction of sp³-hybridized carbons (Fsp3) is 0.500. The Morgan fingerprint density at radius 3 is 2.51 bits per heavy atom. The molecule has 2 saturated carbocycles. The second kappa shape index (κ2) is 10.5. The van der Waals surface area contributed by atoms with E-state index in [4.69, 9.17) is 11.6 Å². The van der Waals surface area contributed by atoms with Crippen molar-refractivity contribution in [2.24, 2.45) is 11.8 Å². The average Bonchev–Trinajstić information content (AvgIpc) is 3.53. The first-order valence-corrected chi connectivity index (χ1v) is 13.8. The number of thioether (sulfide) groups is 1. The summed E-state index contributed by atoms with van der Waals surface area (Å²) in [6.07, 6.45) is 5.36. The summed E-state index contributed by atoms with van der Waals surface area (Å²) in [5.41, 5.74) is 0.579. The van der Waals surface area contributed by atoms with E-state index in [2.05, 4.69) is 16.3 Å². The van der Waals surface area contributed by atoms with Gasteiger partial charge in [0.25, 0.3) is 0 Å². The normalized spacial score (nSPS) is 26.3. The summed E-state index contributed by atoms with van der Waals surface area (Å²) in [6.45, 7) is 2.86. The Hall–Kier alpha value is -2.07. The van der Waals surface area contributed by atoms with Crippen molar-refractivity contribution in [2.75, 3.05) is 19.6 Å². The number of nitrogens with one attached hydrogen (secondary N) is 1. The molecule has 3 atom stereocenters. The lowest BCUT2D eigenvalue weighted by atomic mass is 9.88. The average molecular weight is 512 g/mol. The Labute approximate surface area is 216 Å². The van der Waals surface area contributed by atoms with Gasteiger partial charge in [0.05, 0.1) is 11.1 Å². The molecular weight excluding hydrogens is 481 g/mol. The molecule has 3 aliphatic rings. The van der Waals surface area contributed by atoms with Crippen LogP contribution in [0.3, 0.4) is 0 Å². The summed E-state index contributed by atoms with van der Waals surface area (Å²) >= 11 is 8.19. The van der Waals surface area contributed by atoms with Gasteiger partial charge in [-0.05, 0) is 93.3 Å². The van der Waals surface area contributed by atoms with Crippen LogP contribution in [-0.4, -0.2) is 41.2 Å². The van der Waals surface area contributed by atoms with Gasteiger partial charge < -0.3 is 10.2 Å². The van der Waals surface area contributed by atoms with Crippen molar-refractivity contribution < 1.29 is 9.18 Å². The maximum absolute atomic E-state index is 13.3. The molecule has 35 heavy (non-hydrogen) atoms. The molecule has 184 valence electrons. The zero-order valence-corrected chi connectivity index (χ0v) is 21.3. The Bertz CT molecular complexity index is 1090. The molecule has 1 heterocycles. The van der Waals surface area contributed by atoms with Crippen molar-refractivity contribution in [3.8, 4) is 6.07 Å². The van der Waals surface area contributed by atoms with Gasteiger partial charge in [0.1, 0.15) is 11.4 Å². The van der Waals surface area contributed by atoms with Crippen molar-refractivity contribution >= 4 is 29.3 Å². The molecule has 4 nitrogen and oxygen atoms in total. The molecule has 0 aromatic heterocycles. The molecule has 0 unspecified atom stereocenters. The standard InChI is InChI=1S/C28H31ClFN3OS/c29-25-3-1-2-4-26(25)35-23-15-21(24(16-23)27(34)32-28(18-31)11-12-28)17-33-13-9-20(10-14-33)19-5-7-22(30)8-6-19/h1-8,20-21,23-24H,9-17H2,(H,32,34)/t21-,23+,24+/m0/s1. The largest absolute Gasteiger partial charge is 0.338 e. The van der Waals surface area contributed by atoms with Crippen LogP contribution in [0.1, 0.15) is 50.0 Å². The highest BCUT2D eigenvalue weighted by Crippen LogP contribution is 2.45. The van der Waals surface area contributed by atoms with Crippen LogP contribution in [0, 0.1) is 29.0 Å². The van der Waals surface area contributed by atoms with Crippen molar-refractivity contribution in [3.05, 3.63) is 64.9 Å². The highest BCUT2D eigenvalue weighted by Gasteiger charge is 2.48. The number of hydrogen-bond acceptors (Lipinski definition) is 4. The number of halogens is 2. The maximum atomic E-state index is 13.3. The number of nitrogens with zero attached hydrogens (tertiary/aromatic N) is 2. The molecular formula is C28H31ClFN3OS. The maximum Gasteiger partial charge on any atom is 0.224 e. The van der Waals surface area contributed by atoms with Gasteiger partial charge in [-0.3, -0.25) is 4.79 Å². The topological polar surface area (TPSA) is 56.1 Å². The molecule has 1 saturated heterocycles. The van der Waals surface area contributed by atoms with E-state index < -0.39 is 5.54 Å². The number of carbonyl (C=O) groups excluding carboxylic acids is 1. The number of likely N-dealkylation sites (tertiary alicyclic amines) is 1. The van der Waals surface area contributed by atoms with Gasteiger partial charge in [0.2, 0.25) is 5.91 Å². The Morgan fingerprint density at radius 2 is 1.86 bits per heavy atom. The van der Waals surface area contributed by atoms with Crippen molar-refractivity contribution in [2.45, 2.75) is 60.1 Å². The van der Waals surface area contributed by atoms with E-state index >= 15 is 0 Å². The molecule has 1 amide bonds. The Kier molecular flexibility index (Phi) is 7.39. The predicted octanol–water partition coefficient (Wildman–Crippen LogP) is 6.02. The molecule has 5 rings (SSSR count). The summed E-state index contributed by atoms with van der Waals surface area (Å²) in [5, 5.41) is 13.6. The molecule has 1 N–H and O–H groups in total. The minimum atomic E-state index is -0.636. The van der Waals surface area contributed by atoms with E-state index in [1.165, 1.54) is 5.56 Å². The van der Waals surface area contributed by atoms with E-state index in [1.54, 1.807) is 23.9 Å². The highest BCUT2D eigenvalue weighted by atomic mass is 35.5. The third-order valence-corrected chi connectivity index (χ3v) is 9.64. The quantitative estimate of drug-likeness (QED) is 0.494. The second-order valence-electron chi connectivity index (χ2n) is 10.3. The third-order valence-electron chi connectivity index (χ3n) is 7.87. The highest BCUT2D eigenvalue weighted by molar-refractivity contribution is 8.00. The summed E-state index contributed by atoms with van der Waals surface area (Å²) in [7, 11) is 0. The number of nitriles is 1. The van der Waals surface area contributed by atoms with Crippen LogP contribution >= 0.6 is 23.4 Å². The molecule has 0 spiro atoms. The SMILES string of the molecule is N#CC1(NC(=O)[C@@H]2C[C@H](Sc3ccccc3Cl)C[C@H]2CN2CCC(c3ccc(F)cc3)CC2)CC1. The minimum Gasteiger partial charge on any atom is -0.338 e. The van der Waals surface area contributed by atoms with Crippen LogP contribution in [-0.2, 0) is 4.79 Å². The summed E-state index contributed by atoms with van der Waals surface area (Å²) in [5.74, 6) is 0.480. The number of amides is 1. The van der Waals surface area contributed by atoms with E-state index in [0.717, 1.165) is 68.1 Å². The Balaban J connectivity index is 1.23. The van der Waals surface area contributed by atoms with Gasteiger partial charge in [0, 0.05) is 22.6 Å². The fourth-order valence-electron chi connectivity index (χ4n) is 5.65. The first-order chi connectivity index (χ1) is 16.9. The van der Waals surface area contributed by atoms with Gasteiger partial charge in [0.15, 0.2) is 0 Å². The van der Waals surface area contributed by atoms with Crippen LogP contribution in [0.25, 0.3) is 0 Å². The number of carbonyl (C=O) groups is 1. The first-order valence-electron chi connectivity index (χ1n) is 12.6. The Morgan fingerprint density at radius 1 is 1.14 bits per heavy atom. The molecule has 3 fully saturated rings. The van der Waals surface area contributed by atoms with Gasteiger partial charge in [-0.25, -0.2) is 4.39 Å². The third kappa shape index (κ3) is 5.85. The molecule has 0 bridgehead atoms. The van der Waals surface area contributed by atoms with E-state index in [9.17, 15) is 14.4 Å². The van der Waals surface area contributed by atoms with Crippen molar-refractivity contribution in [1.29, 1.82) is 5.26 Å². The first kappa shape index (κ1) is 24.6. The van der Waals surface area contributed by atoms with Crippen LogP contribution in [0.15, 0.2) is 53.4 Å². The van der Waals surface area contributed by atoms with Gasteiger partial charge in [-0.2, -0.15) is 5.26 Å². The van der Waals surface area contributed by atoms with Gasteiger partial charge in [-0.1, -0.05) is 35.9 Å². The molecule has 2 aromatic carbocycles. The number of rotatable bonds is 7. The number of hydrogen-bond donors (Lipinski definition) is 1. The van der Waals surface area contributed by atoms with Crippen molar-refractivity contribution in [1.82, 2.24) is 10.2 Å². The zero-order valence-electron chi connectivity index (χ0n) is 19.8. The molecule has 0 radical (unpaired) electrons. The summed E-state index contributed by atoms with van der Waals surface area (Å²) in [6, 6.07) is 17.1. The summed E-state index contributed by atoms with van der Waals surface area (Å²) in [4.78, 5) is 16.9. The monoisotopic (exact) mass is 511 g/mol. The lowest BCUT2D eigenvalue weighted by Crippen LogP contribution is -2.44. The van der Waals surface area contributed by atoms with E-state index in [0.29, 0.717) is 11.2 Å². The summed E-state index contributed by atoms with van der Waals surface area (Å²) < 4.78 is 13.3. The predicted molar refractivity (Wildman–Crippen MR) is 138 cm³/mol. The van der Waals surface area contributed by atoms with E-state index in [-0.39, 0.29) is 23.6 Å². The molecule has 7 heteroatoms. The van der Waals surface area contributed by atoms with Crippen LogP contribution in [0.5, 0.6) is 0 Å². The molecule has 2 aromatic rings. The zero-order chi connectivity index (χ0) is 24.4. The van der Waals surface area contributed by atoms with E-state index in [1.807, 2.05) is 36.4 Å². The lowest BCUT2D eigenvalue weighted by Gasteiger charge is -2.35. The van der Waals surface area contributed by atoms with Gasteiger partial charge in [-0.15, -0.1) is 11.8 Å². The minimum absolute atomic E-state index is 0.0394. The smallest absolute Gasteiger partial charge is 0.224 e. The fourth-order valence-corrected chi connectivity index (χ4v) is 7.26. The molecule has 2 aliphatic carbocycles. The lowest BCUT2D eigenvalue weighted by molar-refractivity contribution is -0.126.